The predicted molar refractivity (Wildman–Crippen MR) is 170 cm³/mol. The zero-order valence-electron chi connectivity index (χ0n) is 25.5. The van der Waals surface area contributed by atoms with Crippen molar-refractivity contribution >= 4 is 22.1 Å². The molecule has 4 heterocycles. The van der Waals surface area contributed by atoms with Crippen LogP contribution in [0.4, 0.5) is 0 Å². The van der Waals surface area contributed by atoms with Gasteiger partial charge < -0.3 is 37.7 Å². The molecule has 0 aliphatic carbocycles. The number of benzene rings is 4. The Balaban J connectivity index is 0.00000201. The van der Waals surface area contributed by atoms with E-state index >= 15 is 0 Å². The van der Waals surface area contributed by atoms with Crippen molar-refractivity contribution in [3.8, 4) is 45.8 Å². The third kappa shape index (κ3) is 6.46. The van der Waals surface area contributed by atoms with Gasteiger partial charge in [-0.2, -0.15) is 36.4 Å². The molecule has 0 aliphatic heterocycles. The van der Waals surface area contributed by atoms with Gasteiger partial charge in [-0.15, -0.1) is 47.8 Å². The van der Waals surface area contributed by atoms with Gasteiger partial charge >= 0.3 is 0 Å². The van der Waals surface area contributed by atoms with Crippen LogP contribution in [0.25, 0.3) is 44.8 Å². The van der Waals surface area contributed by atoms with Gasteiger partial charge in [-0.1, -0.05) is 59.9 Å². The Morgan fingerprint density at radius 1 is 0.500 bits per heavy atom. The minimum atomic E-state index is 0. The number of hydrogen-bond acceptors (Lipinski definition) is 4. The smallest absolute Gasteiger partial charge is 0.242 e. The summed E-state index contributed by atoms with van der Waals surface area (Å²) in [4.78, 5) is 8.92. The van der Waals surface area contributed by atoms with E-state index in [0.29, 0.717) is 34.4 Å². The van der Waals surface area contributed by atoms with Gasteiger partial charge in [0.2, 0.25) is 12.7 Å². The Kier molecular flexibility index (Phi) is 9.67. The molecule has 4 aromatic carbocycles. The number of aryl methyl sites for hydroxylation is 2. The van der Waals surface area contributed by atoms with E-state index in [1.54, 1.807) is 24.5 Å². The normalized spacial score (nSPS) is 10.8. The van der Waals surface area contributed by atoms with Gasteiger partial charge in [-0.05, 0) is 12.4 Å². The summed E-state index contributed by atoms with van der Waals surface area (Å²) in [6.45, 7) is 0. The Morgan fingerprint density at radius 3 is 1.38 bits per heavy atom. The fourth-order valence-electron chi connectivity index (χ4n) is 5.35. The number of fused-ring (bicyclic) bond motifs is 2. The molecule has 0 atom stereocenters. The number of nitrogens with zero attached hydrogens (tertiary/aromatic N) is 6. The summed E-state index contributed by atoms with van der Waals surface area (Å²) in [5.74, 6) is 2.00. The van der Waals surface area contributed by atoms with Crippen LogP contribution >= 0.6 is 0 Å². The van der Waals surface area contributed by atoms with Gasteiger partial charge in [-0.3, -0.25) is 0 Å². The van der Waals surface area contributed by atoms with Crippen LogP contribution in [0.3, 0.4) is 0 Å². The van der Waals surface area contributed by atoms with Crippen LogP contribution in [0.1, 0.15) is 0 Å². The number of para-hydroxylation sites is 4. The van der Waals surface area contributed by atoms with Gasteiger partial charge in [-0.25, -0.2) is 0 Å². The maximum absolute atomic E-state index is 6.16. The largest absolute Gasteiger partial charge is 0.511 e. The number of ether oxygens (including phenoxy) is 2. The van der Waals surface area contributed by atoms with Gasteiger partial charge in [0, 0.05) is 65.1 Å². The number of pyridine rings is 2. The molecule has 0 unspecified atom stereocenters. The number of imidazole rings is 2. The molecule has 8 nitrogen and oxygen atoms in total. The quantitative estimate of drug-likeness (QED) is 0.144. The average Bonchev–Trinajstić information content (AvgIpc) is 3.62. The predicted octanol–water partition coefficient (Wildman–Crippen LogP) is 6.06. The van der Waals surface area contributed by atoms with E-state index in [-0.39, 0.29) is 42.1 Å². The van der Waals surface area contributed by atoms with Crippen LogP contribution in [0.5, 0.6) is 23.0 Å². The van der Waals surface area contributed by atoms with Gasteiger partial charge in [0.05, 0.1) is 36.2 Å². The molecule has 0 N–H and O–H groups in total. The van der Waals surface area contributed by atoms with E-state index in [9.17, 15) is 0 Å². The fourth-order valence-corrected chi connectivity index (χ4v) is 5.35. The maximum Gasteiger partial charge on any atom is 0.242 e. The summed E-state index contributed by atoms with van der Waals surface area (Å²) >= 11 is 0. The minimum Gasteiger partial charge on any atom is -0.511 e. The molecular formula is C38H24N6O2Pt2-4. The second kappa shape index (κ2) is 14.1. The summed E-state index contributed by atoms with van der Waals surface area (Å²) in [6, 6.07) is 44.3. The summed E-state index contributed by atoms with van der Waals surface area (Å²) in [5.41, 5.74) is 6.73. The van der Waals surface area contributed by atoms with Crippen molar-refractivity contribution in [1.29, 1.82) is 0 Å². The van der Waals surface area contributed by atoms with E-state index in [2.05, 4.69) is 71.2 Å². The molecule has 0 amide bonds. The molecule has 0 bridgehead atoms. The van der Waals surface area contributed by atoms with Gasteiger partial charge in [0.1, 0.15) is 0 Å². The maximum atomic E-state index is 6.16. The molecule has 0 aliphatic rings. The van der Waals surface area contributed by atoms with E-state index in [1.165, 1.54) is 0 Å². The van der Waals surface area contributed by atoms with E-state index in [1.807, 2.05) is 93.0 Å². The molecule has 0 radical (unpaired) electrons. The zero-order chi connectivity index (χ0) is 31.0. The van der Waals surface area contributed by atoms with Crippen LogP contribution < -0.4 is 18.6 Å². The standard InChI is InChI=1S/C38H24N6O2.2Pt/c1-41-25-43(37-15-5-3-13-35(37)41)27-9-7-11-29(21-27)45-31-17-19-39-33(23-31)34-24-32(18-20-40-34)46-30-12-8-10-28(22-30)44-26-42(2)36-14-4-6-16-38(36)44;;/h3-20H,1-2H3;;/q-4;;. The summed E-state index contributed by atoms with van der Waals surface area (Å²) in [7, 11) is 3.94. The molecule has 0 spiro atoms. The second-order valence-electron chi connectivity index (χ2n) is 10.5. The number of hydrogen-bond donors (Lipinski definition) is 0. The Hall–Kier alpha value is -4.90. The van der Waals surface area contributed by atoms with Crippen LogP contribution in [0, 0.1) is 36.9 Å². The molecule has 8 aromatic rings. The van der Waals surface area contributed by atoms with Crippen LogP contribution in [0.15, 0.2) is 109 Å². The van der Waals surface area contributed by atoms with E-state index < -0.39 is 0 Å². The molecule has 8 rings (SSSR count). The molecule has 242 valence electrons. The molecule has 0 saturated heterocycles. The van der Waals surface area contributed by atoms with Crippen LogP contribution in [0.2, 0.25) is 0 Å². The van der Waals surface area contributed by atoms with E-state index in [0.717, 1.165) is 33.4 Å². The first-order chi connectivity index (χ1) is 22.6. The third-order valence-electron chi connectivity index (χ3n) is 7.46. The van der Waals surface area contributed by atoms with E-state index in [4.69, 9.17) is 9.47 Å². The summed E-state index contributed by atoms with van der Waals surface area (Å²) in [5, 5.41) is 0. The minimum absolute atomic E-state index is 0. The van der Waals surface area contributed by atoms with Crippen molar-refractivity contribution in [2.45, 2.75) is 0 Å². The van der Waals surface area contributed by atoms with Crippen molar-refractivity contribution < 1.29 is 60.7 Å². The van der Waals surface area contributed by atoms with Crippen LogP contribution in [-0.4, -0.2) is 19.1 Å². The molecule has 0 fully saturated rings. The Morgan fingerprint density at radius 2 is 0.917 bits per heavy atom. The monoisotopic (exact) mass is 986 g/mol. The third-order valence-corrected chi connectivity index (χ3v) is 7.46. The SMILES string of the molecule is Cn1[c-][n+](-c2[c-]c(Oc3[c-]c(-c4[c-]c(Oc5[c-]c(-[n+]6[c-]n(C)c7ccccc76)ccc5)ccn4)ncc3)ccc2)c2ccccc21.[Pt].[Pt]. The average molecular weight is 987 g/mol. The first-order valence-electron chi connectivity index (χ1n) is 14.5. The second-order valence-corrected chi connectivity index (χ2v) is 10.5. The van der Waals surface area contributed by atoms with Gasteiger partial charge in [0.25, 0.3) is 0 Å². The Bertz CT molecular complexity index is 2220. The zero-order valence-corrected chi connectivity index (χ0v) is 30.1. The van der Waals surface area contributed by atoms with Crippen molar-refractivity contribution in [3.63, 3.8) is 0 Å². The Labute approximate surface area is 306 Å². The molecular weight excluding hydrogens is 963 g/mol. The van der Waals surface area contributed by atoms with Crippen LogP contribution in [-0.2, 0) is 56.2 Å². The number of rotatable bonds is 7. The van der Waals surface area contributed by atoms with Crippen molar-refractivity contribution in [3.05, 3.63) is 146 Å². The summed E-state index contributed by atoms with van der Waals surface area (Å²) in [6.07, 6.45) is 9.96. The number of aromatic nitrogens is 6. The first kappa shape index (κ1) is 33.0. The van der Waals surface area contributed by atoms with Gasteiger partial charge in [0.15, 0.2) is 0 Å². The van der Waals surface area contributed by atoms with Crippen molar-refractivity contribution in [1.82, 2.24) is 19.1 Å². The molecule has 4 aromatic heterocycles. The van der Waals surface area contributed by atoms with Crippen molar-refractivity contribution in [2.75, 3.05) is 0 Å². The fraction of sp³-hybridized carbons (Fsp3) is 0.0526. The van der Waals surface area contributed by atoms with Crippen molar-refractivity contribution in [2.24, 2.45) is 14.1 Å². The summed E-state index contributed by atoms with van der Waals surface area (Å²) < 4.78 is 20.2. The molecule has 48 heavy (non-hydrogen) atoms. The molecule has 10 heteroatoms. The molecule has 0 saturated carbocycles. The first-order valence-corrected chi connectivity index (χ1v) is 14.5. The topological polar surface area (TPSA) is 61.9 Å².